The van der Waals surface area contributed by atoms with Crippen LogP contribution >= 0.6 is 11.8 Å². The van der Waals surface area contributed by atoms with E-state index in [9.17, 15) is 9.59 Å². The van der Waals surface area contributed by atoms with Crippen molar-refractivity contribution in [1.82, 2.24) is 24.6 Å². The Morgan fingerprint density at radius 2 is 1.74 bits per heavy atom. The Bertz CT molecular complexity index is 1360. The number of para-hydroxylation sites is 1. The molecule has 0 aliphatic carbocycles. The molecule has 0 unspecified atom stereocenters. The fourth-order valence-electron chi connectivity index (χ4n) is 4.47. The SMILES string of the molecule is CCOC(=O)C1CCN(C(=O)c2coc(CSc3nnc(Cc4ccccc4)n3-c3ccccc3)n2)CC1. The molecule has 9 nitrogen and oxygen atoms in total. The van der Waals surface area contributed by atoms with Crippen LogP contribution in [0.15, 0.2) is 76.5 Å². The van der Waals surface area contributed by atoms with E-state index in [4.69, 9.17) is 9.15 Å². The summed E-state index contributed by atoms with van der Waals surface area (Å²) in [6.07, 6.45) is 3.23. The van der Waals surface area contributed by atoms with Gasteiger partial charge < -0.3 is 14.1 Å². The molecule has 196 valence electrons. The van der Waals surface area contributed by atoms with Crippen LogP contribution in [0.1, 0.15) is 47.5 Å². The first-order chi connectivity index (χ1) is 18.6. The Labute approximate surface area is 225 Å². The van der Waals surface area contributed by atoms with Gasteiger partial charge in [0.15, 0.2) is 10.9 Å². The first-order valence-electron chi connectivity index (χ1n) is 12.7. The van der Waals surface area contributed by atoms with E-state index in [1.807, 2.05) is 53.1 Å². The van der Waals surface area contributed by atoms with Crippen molar-refractivity contribution in [1.29, 1.82) is 0 Å². The summed E-state index contributed by atoms with van der Waals surface area (Å²) in [6.45, 7) is 3.15. The average molecular weight is 532 g/mol. The highest BCUT2D eigenvalue weighted by Gasteiger charge is 2.30. The summed E-state index contributed by atoms with van der Waals surface area (Å²) in [7, 11) is 0. The zero-order chi connectivity index (χ0) is 26.3. The zero-order valence-corrected chi connectivity index (χ0v) is 22.0. The number of likely N-dealkylation sites (tertiary alicyclic amines) is 1. The number of hydrogen-bond donors (Lipinski definition) is 0. The monoisotopic (exact) mass is 531 g/mol. The maximum Gasteiger partial charge on any atom is 0.309 e. The maximum absolute atomic E-state index is 13.0. The van der Waals surface area contributed by atoms with Crippen molar-refractivity contribution in [2.24, 2.45) is 5.92 Å². The van der Waals surface area contributed by atoms with Gasteiger partial charge in [-0.3, -0.25) is 14.2 Å². The summed E-state index contributed by atoms with van der Waals surface area (Å²) in [5.74, 6) is 1.14. The van der Waals surface area contributed by atoms with Crippen LogP contribution < -0.4 is 0 Å². The van der Waals surface area contributed by atoms with Crippen molar-refractivity contribution in [2.75, 3.05) is 19.7 Å². The van der Waals surface area contributed by atoms with Gasteiger partial charge in [-0.25, -0.2) is 4.98 Å². The normalized spacial score (nSPS) is 14.0. The summed E-state index contributed by atoms with van der Waals surface area (Å²) >= 11 is 1.45. The number of benzene rings is 2. The molecule has 1 aliphatic heterocycles. The molecule has 2 aromatic heterocycles. The standard InChI is InChI=1S/C28H29N5O4S/c1-2-36-27(35)21-13-15-32(16-14-21)26(34)23-18-37-25(29-23)19-38-28-31-30-24(17-20-9-5-3-6-10-20)33(28)22-11-7-4-8-12-22/h3-12,18,21H,2,13-17,19H2,1H3. The lowest BCUT2D eigenvalue weighted by Crippen LogP contribution is -2.40. The van der Waals surface area contributed by atoms with Gasteiger partial charge in [-0.2, -0.15) is 0 Å². The summed E-state index contributed by atoms with van der Waals surface area (Å²) in [5, 5.41) is 9.64. The lowest BCUT2D eigenvalue weighted by molar-refractivity contribution is -0.149. The second kappa shape index (κ2) is 12.1. The summed E-state index contributed by atoms with van der Waals surface area (Å²) in [5.41, 5.74) is 2.39. The van der Waals surface area contributed by atoms with Crippen LogP contribution in [-0.4, -0.2) is 56.2 Å². The Morgan fingerprint density at radius 3 is 2.45 bits per heavy atom. The molecule has 1 aliphatic rings. The average Bonchev–Trinajstić information content (AvgIpc) is 3.60. The molecule has 0 atom stereocenters. The van der Waals surface area contributed by atoms with Gasteiger partial charge in [-0.15, -0.1) is 10.2 Å². The number of thioether (sulfide) groups is 1. The summed E-state index contributed by atoms with van der Waals surface area (Å²) in [6, 6.07) is 20.1. The fourth-order valence-corrected chi connectivity index (χ4v) is 5.29. The van der Waals surface area contributed by atoms with Crippen LogP contribution in [-0.2, 0) is 21.7 Å². The molecule has 2 aromatic carbocycles. The predicted octanol–water partition coefficient (Wildman–Crippen LogP) is 4.55. The number of oxazole rings is 1. The molecule has 38 heavy (non-hydrogen) atoms. The van der Waals surface area contributed by atoms with Crippen LogP contribution in [0.3, 0.4) is 0 Å². The second-order valence-electron chi connectivity index (χ2n) is 8.97. The van der Waals surface area contributed by atoms with Crippen molar-refractivity contribution in [2.45, 2.75) is 37.1 Å². The largest absolute Gasteiger partial charge is 0.466 e. The minimum atomic E-state index is -0.190. The van der Waals surface area contributed by atoms with Crippen molar-refractivity contribution in [3.63, 3.8) is 0 Å². The molecule has 0 N–H and O–H groups in total. The molecular formula is C28H29N5O4S. The fraction of sp³-hybridized carbons (Fsp3) is 0.321. The Balaban J connectivity index is 1.25. The molecular weight excluding hydrogens is 502 g/mol. The van der Waals surface area contributed by atoms with E-state index in [1.54, 1.807) is 11.8 Å². The third-order valence-corrected chi connectivity index (χ3v) is 7.33. The van der Waals surface area contributed by atoms with Gasteiger partial charge in [0.25, 0.3) is 5.91 Å². The highest BCUT2D eigenvalue weighted by molar-refractivity contribution is 7.98. The minimum Gasteiger partial charge on any atom is -0.466 e. The van der Waals surface area contributed by atoms with Crippen LogP contribution in [0.25, 0.3) is 5.69 Å². The first kappa shape index (κ1) is 25.7. The number of carbonyl (C=O) groups is 2. The van der Waals surface area contributed by atoms with Crippen LogP contribution in [0.4, 0.5) is 0 Å². The predicted molar refractivity (Wildman–Crippen MR) is 142 cm³/mol. The minimum absolute atomic E-state index is 0.156. The number of carbonyl (C=O) groups excluding carboxylic acids is 2. The quantitative estimate of drug-likeness (QED) is 0.229. The van der Waals surface area contributed by atoms with Crippen molar-refractivity contribution in [3.8, 4) is 5.69 Å². The van der Waals surface area contributed by atoms with Gasteiger partial charge in [0.1, 0.15) is 12.1 Å². The highest BCUT2D eigenvalue weighted by Crippen LogP contribution is 2.27. The van der Waals surface area contributed by atoms with Gasteiger partial charge in [-0.1, -0.05) is 60.3 Å². The van der Waals surface area contributed by atoms with Crippen LogP contribution in [0, 0.1) is 5.92 Å². The first-order valence-corrected chi connectivity index (χ1v) is 13.7. The molecule has 1 amide bonds. The molecule has 5 rings (SSSR count). The lowest BCUT2D eigenvalue weighted by Gasteiger charge is -2.30. The van der Waals surface area contributed by atoms with E-state index < -0.39 is 0 Å². The van der Waals surface area contributed by atoms with Gasteiger partial charge in [0, 0.05) is 25.2 Å². The molecule has 4 aromatic rings. The third-order valence-electron chi connectivity index (χ3n) is 6.42. The van der Waals surface area contributed by atoms with Crippen molar-refractivity contribution in [3.05, 3.63) is 89.9 Å². The van der Waals surface area contributed by atoms with E-state index >= 15 is 0 Å². The Morgan fingerprint density at radius 1 is 1.03 bits per heavy atom. The highest BCUT2D eigenvalue weighted by atomic mass is 32.2. The topological polar surface area (TPSA) is 103 Å². The summed E-state index contributed by atoms with van der Waals surface area (Å²) < 4.78 is 12.8. The number of nitrogens with zero attached hydrogens (tertiary/aromatic N) is 5. The van der Waals surface area contributed by atoms with Crippen LogP contribution in [0.5, 0.6) is 0 Å². The number of ether oxygens (including phenoxy) is 1. The molecule has 0 saturated carbocycles. The van der Waals surface area contributed by atoms with E-state index in [1.165, 1.54) is 18.0 Å². The second-order valence-corrected chi connectivity index (χ2v) is 9.91. The van der Waals surface area contributed by atoms with Crippen molar-refractivity contribution >= 4 is 23.6 Å². The lowest BCUT2D eigenvalue weighted by atomic mass is 9.97. The molecule has 1 saturated heterocycles. The number of esters is 1. The number of piperidine rings is 1. The molecule has 3 heterocycles. The van der Waals surface area contributed by atoms with E-state index in [0.717, 1.165) is 17.1 Å². The van der Waals surface area contributed by atoms with Gasteiger partial charge in [0.2, 0.25) is 5.89 Å². The molecule has 1 fully saturated rings. The van der Waals surface area contributed by atoms with Crippen molar-refractivity contribution < 1.29 is 18.7 Å². The Kier molecular flexibility index (Phi) is 8.18. The molecule has 0 bridgehead atoms. The maximum atomic E-state index is 13.0. The van der Waals surface area contributed by atoms with Gasteiger partial charge in [-0.05, 0) is 37.5 Å². The molecule has 0 radical (unpaired) electrons. The van der Waals surface area contributed by atoms with E-state index in [-0.39, 0.29) is 23.5 Å². The molecule has 0 spiro atoms. The molecule has 10 heteroatoms. The van der Waals surface area contributed by atoms with Gasteiger partial charge >= 0.3 is 5.97 Å². The van der Waals surface area contributed by atoms with Crippen LogP contribution in [0.2, 0.25) is 0 Å². The van der Waals surface area contributed by atoms with Gasteiger partial charge in [0.05, 0.1) is 18.3 Å². The third kappa shape index (κ3) is 5.96. The smallest absolute Gasteiger partial charge is 0.309 e. The van der Waals surface area contributed by atoms with E-state index in [2.05, 4.69) is 27.3 Å². The van der Waals surface area contributed by atoms with E-state index in [0.29, 0.717) is 55.8 Å². The summed E-state index contributed by atoms with van der Waals surface area (Å²) in [4.78, 5) is 31.1. The number of aromatic nitrogens is 4. The zero-order valence-electron chi connectivity index (χ0n) is 21.2. The Hall–Kier alpha value is -3.92. The number of hydrogen-bond acceptors (Lipinski definition) is 8. The number of amides is 1. The number of rotatable bonds is 9.